The molecule has 0 aliphatic heterocycles. The molecule has 1 aromatic heterocycles. The van der Waals surface area contributed by atoms with Gasteiger partial charge in [-0.2, -0.15) is 10.4 Å². The number of aromatic hydroxyl groups is 1. The summed E-state index contributed by atoms with van der Waals surface area (Å²) < 4.78 is 7.10. The largest absolute Gasteiger partial charge is 0.507 e. The number of hydrogen-bond acceptors (Lipinski definition) is 5. The van der Waals surface area contributed by atoms with Crippen molar-refractivity contribution in [2.24, 2.45) is 0 Å². The summed E-state index contributed by atoms with van der Waals surface area (Å²) in [5, 5.41) is 26.3. The number of ether oxygens (including phenoxy) is 1. The zero-order chi connectivity index (χ0) is 20.8. The summed E-state index contributed by atoms with van der Waals surface area (Å²) in [5.74, 6) is -0.207. The van der Waals surface area contributed by atoms with Crippen LogP contribution in [0.25, 0.3) is 11.3 Å². The summed E-state index contributed by atoms with van der Waals surface area (Å²) in [6, 6.07) is 16.0. The lowest BCUT2D eigenvalue weighted by atomic mass is 10.1. The Labute approximate surface area is 169 Å². The first-order chi connectivity index (χ1) is 14.0. The van der Waals surface area contributed by atoms with Crippen molar-refractivity contribution in [3.05, 3.63) is 71.4 Å². The van der Waals surface area contributed by atoms with E-state index in [1.165, 1.54) is 4.68 Å². The molecule has 1 atom stereocenters. The van der Waals surface area contributed by atoms with Crippen LogP contribution in [-0.4, -0.2) is 27.4 Å². The van der Waals surface area contributed by atoms with Gasteiger partial charge < -0.3 is 15.2 Å². The van der Waals surface area contributed by atoms with E-state index in [2.05, 4.69) is 16.5 Å². The highest BCUT2D eigenvalue weighted by Gasteiger charge is 2.23. The van der Waals surface area contributed by atoms with Gasteiger partial charge in [0.15, 0.2) is 0 Å². The fraction of sp³-hybridized carbons (Fsp3) is 0.227. The molecule has 7 heteroatoms. The molecule has 7 nitrogen and oxygen atoms in total. The summed E-state index contributed by atoms with van der Waals surface area (Å²) >= 11 is 0. The SMILES string of the molecule is CCOC(C(=O)NCc1ccc(C#N)cc1)n1cc(C)c(-c2ccccc2O)n1. The molecule has 0 spiro atoms. The number of amides is 1. The third-order valence-electron chi connectivity index (χ3n) is 4.41. The second-order valence-electron chi connectivity index (χ2n) is 6.49. The minimum Gasteiger partial charge on any atom is -0.507 e. The van der Waals surface area contributed by atoms with Crippen LogP contribution in [0.3, 0.4) is 0 Å². The Morgan fingerprint density at radius 2 is 2.00 bits per heavy atom. The number of aromatic nitrogens is 2. The molecule has 0 saturated carbocycles. The fourth-order valence-electron chi connectivity index (χ4n) is 2.95. The van der Waals surface area contributed by atoms with Gasteiger partial charge in [0.2, 0.25) is 6.23 Å². The van der Waals surface area contributed by atoms with Crippen LogP contribution in [0, 0.1) is 18.3 Å². The molecule has 0 aliphatic rings. The zero-order valence-electron chi connectivity index (χ0n) is 16.3. The van der Waals surface area contributed by atoms with Gasteiger partial charge in [-0.25, -0.2) is 4.68 Å². The number of nitrogens with zero attached hydrogens (tertiary/aromatic N) is 3. The van der Waals surface area contributed by atoms with Crippen LogP contribution in [-0.2, 0) is 16.1 Å². The number of phenols is 1. The number of nitrogens with one attached hydrogen (secondary N) is 1. The predicted molar refractivity (Wildman–Crippen MR) is 108 cm³/mol. The lowest BCUT2D eigenvalue weighted by Crippen LogP contribution is -2.34. The Morgan fingerprint density at radius 1 is 1.28 bits per heavy atom. The molecule has 0 fully saturated rings. The first kappa shape index (κ1) is 20.1. The van der Waals surface area contributed by atoms with Gasteiger partial charge in [-0.05, 0) is 49.2 Å². The summed E-state index contributed by atoms with van der Waals surface area (Å²) in [6.45, 7) is 4.31. The standard InChI is InChI=1S/C22H22N4O3/c1-3-29-22(21(28)24-13-17-10-8-16(12-23)9-11-17)26-14-15(2)20(25-26)18-6-4-5-7-19(18)27/h4-11,14,22,27H,3,13H2,1-2H3,(H,24,28). The highest BCUT2D eigenvalue weighted by molar-refractivity contribution is 5.79. The van der Waals surface area contributed by atoms with Gasteiger partial charge in [-0.1, -0.05) is 24.3 Å². The van der Waals surface area contributed by atoms with E-state index >= 15 is 0 Å². The number of para-hydroxylation sites is 1. The van der Waals surface area contributed by atoms with Crippen molar-refractivity contribution in [3.8, 4) is 23.1 Å². The van der Waals surface area contributed by atoms with Crippen LogP contribution in [0.5, 0.6) is 5.75 Å². The summed E-state index contributed by atoms with van der Waals surface area (Å²) in [6.07, 6.45) is 0.792. The number of phenolic OH excluding ortho intramolecular Hbond substituents is 1. The molecule has 3 rings (SSSR count). The molecule has 2 N–H and O–H groups in total. The van der Waals surface area contributed by atoms with Crippen LogP contribution in [0.4, 0.5) is 0 Å². The van der Waals surface area contributed by atoms with Crippen LogP contribution < -0.4 is 5.32 Å². The van der Waals surface area contributed by atoms with E-state index in [0.29, 0.717) is 30.0 Å². The van der Waals surface area contributed by atoms with E-state index in [-0.39, 0.29) is 11.7 Å². The van der Waals surface area contributed by atoms with Gasteiger partial charge in [-0.15, -0.1) is 0 Å². The Balaban J connectivity index is 1.78. The molecule has 0 bridgehead atoms. The zero-order valence-corrected chi connectivity index (χ0v) is 16.3. The molecule has 1 unspecified atom stereocenters. The van der Waals surface area contributed by atoms with E-state index in [1.54, 1.807) is 55.6 Å². The van der Waals surface area contributed by atoms with E-state index in [9.17, 15) is 9.90 Å². The third kappa shape index (κ3) is 4.62. The number of carbonyl (C=O) groups excluding carboxylic acids is 1. The Hall–Kier alpha value is -3.63. The maximum atomic E-state index is 12.8. The van der Waals surface area contributed by atoms with Gasteiger partial charge in [0.25, 0.3) is 5.91 Å². The first-order valence-corrected chi connectivity index (χ1v) is 9.26. The Kier molecular flexibility index (Phi) is 6.27. The number of nitriles is 1. The van der Waals surface area contributed by atoms with Crippen molar-refractivity contribution >= 4 is 5.91 Å². The average Bonchev–Trinajstić information content (AvgIpc) is 3.12. The third-order valence-corrected chi connectivity index (χ3v) is 4.41. The number of hydrogen-bond donors (Lipinski definition) is 2. The van der Waals surface area contributed by atoms with Crippen molar-refractivity contribution in [3.63, 3.8) is 0 Å². The summed E-state index contributed by atoms with van der Waals surface area (Å²) in [5.41, 5.74) is 3.44. The lowest BCUT2D eigenvalue weighted by molar-refractivity contribution is -0.139. The summed E-state index contributed by atoms with van der Waals surface area (Å²) in [4.78, 5) is 12.8. The quantitative estimate of drug-likeness (QED) is 0.645. The van der Waals surface area contributed by atoms with Gasteiger partial charge in [-0.3, -0.25) is 4.79 Å². The molecule has 0 radical (unpaired) electrons. The van der Waals surface area contributed by atoms with Crippen molar-refractivity contribution in [1.82, 2.24) is 15.1 Å². The van der Waals surface area contributed by atoms with Gasteiger partial charge in [0.1, 0.15) is 5.75 Å². The number of aryl methyl sites for hydroxylation is 1. The molecular formula is C22H22N4O3. The monoisotopic (exact) mass is 390 g/mol. The average molecular weight is 390 g/mol. The second kappa shape index (κ2) is 9.04. The van der Waals surface area contributed by atoms with Gasteiger partial charge in [0, 0.05) is 24.9 Å². The maximum Gasteiger partial charge on any atom is 0.272 e. The van der Waals surface area contributed by atoms with E-state index in [0.717, 1.165) is 11.1 Å². The second-order valence-corrected chi connectivity index (χ2v) is 6.49. The molecule has 0 aliphatic carbocycles. The molecule has 3 aromatic rings. The van der Waals surface area contributed by atoms with Crippen LogP contribution >= 0.6 is 0 Å². The molecular weight excluding hydrogens is 368 g/mol. The molecule has 1 heterocycles. The van der Waals surface area contributed by atoms with Gasteiger partial charge >= 0.3 is 0 Å². The van der Waals surface area contributed by atoms with E-state index < -0.39 is 6.23 Å². The lowest BCUT2D eigenvalue weighted by Gasteiger charge is -2.17. The van der Waals surface area contributed by atoms with E-state index in [4.69, 9.17) is 10.00 Å². The number of rotatable bonds is 7. The molecule has 1 amide bonds. The van der Waals surface area contributed by atoms with Crippen molar-refractivity contribution in [2.75, 3.05) is 6.61 Å². The first-order valence-electron chi connectivity index (χ1n) is 9.26. The molecule has 0 saturated heterocycles. The van der Waals surface area contributed by atoms with E-state index in [1.807, 2.05) is 13.0 Å². The molecule has 29 heavy (non-hydrogen) atoms. The predicted octanol–water partition coefficient (Wildman–Crippen LogP) is 3.29. The number of benzene rings is 2. The smallest absolute Gasteiger partial charge is 0.272 e. The topological polar surface area (TPSA) is 100 Å². The fourth-order valence-corrected chi connectivity index (χ4v) is 2.95. The minimum absolute atomic E-state index is 0.124. The van der Waals surface area contributed by atoms with Crippen molar-refractivity contribution < 1.29 is 14.6 Å². The maximum absolute atomic E-state index is 12.8. The van der Waals surface area contributed by atoms with Crippen LogP contribution in [0.2, 0.25) is 0 Å². The Bertz CT molecular complexity index is 1030. The van der Waals surface area contributed by atoms with Gasteiger partial charge in [0.05, 0.1) is 17.3 Å². The van der Waals surface area contributed by atoms with Crippen molar-refractivity contribution in [1.29, 1.82) is 5.26 Å². The molecule has 2 aromatic carbocycles. The van der Waals surface area contributed by atoms with Crippen LogP contribution in [0.15, 0.2) is 54.7 Å². The minimum atomic E-state index is -0.934. The van der Waals surface area contributed by atoms with Crippen LogP contribution in [0.1, 0.15) is 29.8 Å². The van der Waals surface area contributed by atoms with Crippen molar-refractivity contribution in [2.45, 2.75) is 26.6 Å². The highest BCUT2D eigenvalue weighted by Crippen LogP contribution is 2.30. The molecule has 148 valence electrons. The normalized spacial score (nSPS) is 11.6. The highest BCUT2D eigenvalue weighted by atomic mass is 16.5. The Morgan fingerprint density at radius 3 is 2.66 bits per heavy atom. The summed E-state index contributed by atoms with van der Waals surface area (Å²) in [7, 11) is 0. The number of carbonyl (C=O) groups is 1.